The lowest BCUT2D eigenvalue weighted by molar-refractivity contribution is 0.604. The van der Waals surface area contributed by atoms with Gasteiger partial charge in [0.15, 0.2) is 0 Å². The zero-order valence-corrected chi connectivity index (χ0v) is 9.91. The Morgan fingerprint density at radius 2 is 1.64 bits per heavy atom. The van der Waals surface area contributed by atoms with E-state index in [2.05, 4.69) is 49.9 Å². The fraction of sp³-hybridized carbons (Fsp3) is 0.538. The molecule has 1 aliphatic carbocycles. The molecule has 2 rings (SSSR count). The van der Waals surface area contributed by atoms with Crippen molar-refractivity contribution in [2.24, 2.45) is 18.9 Å². The summed E-state index contributed by atoms with van der Waals surface area (Å²) < 4.78 is 2.19. The lowest BCUT2D eigenvalue weighted by Crippen LogP contribution is -2.33. The van der Waals surface area contributed by atoms with Crippen LogP contribution in [0.25, 0.3) is 12.2 Å². The summed E-state index contributed by atoms with van der Waals surface area (Å²) in [6.45, 7) is 8.55. The Hall–Kier alpha value is -0.980. The van der Waals surface area contributed by atoms with Crippen LogP contribution in [-0.4, -0.2) is 4.57 Å². The minimum Gasteiger partial charge on any atom is -0.351 e. The third-order valence-corrected chi connectivity index (χ3v) is 2.85. The molecular weight excluding hydrogens is 170 g/mol. The van der Waals surface area contributed by atoms with Gasteiger partial charge in [0.25, 0.3) is 0 Å². The second-order valence-corrected chi connectivity index (χ2v) is 3.82. The Morgan fingerprint density at radius 1 is 1.07 bits per heavy atom. The fourth-order valence-corrected chi connectivity index (χ4v) is 1.75. The minimum absolute atomic E-state index is 0.672. The van der Waals surface area contributed by atoms with E-state index in [1.54, 1.807) is 0 Å². The summed E-state index contributed by atoms with van der Waals surface area (Å²) in [4.78, 5) is 0. The molecule has 1 heteroatoms. The lowest BCUT2D eigenvalue weighted by Gasteiger charge is -2.15. The molecule has 1 nitrogen and oxygen atoms in total. The van der Waals surface area contributed by atoms with Gasteiger partial charge in [-0.15, -0.1) is 0 Å². The molecule has 0 aromatic carbocycles. The van der Waals surface area contributed by atoms with E-state index in [1.807, 2.05) is 13.8 Å². The van der Waals surface area contributed by atoms with Gasteiger partial charge in [-0.05, 0) is 23.1 Å². The summed E-state index contributed by atoms with van der Waals surface area (Å²) >= 11 is 0. The van der Waals surface area contributed by atoms with Gasteiger partial charge in [-0.1, -0.05) is 39.8 Å². The first-order valence-electron chi connectivity index (χ1n) is 5.53. The van der Waals surface area contributed by atoms with Crippen LogP contribution in [0.5, 0.6) is 0 Å². The normalized spacial score (nSPS) is 23.8. The van der Waals surface area contributed by atoms with E-state index < -0.39 is 0 Å². The van der Waals surface area contributed by atoms with E-state index >= 15 is 0 Å². The Kier molecular flexibility index (Phi) is 3.56. The predicted octanol–water partition coefficient (Wildman–Crippen LogP) is 1.90. The second kappa shape index (κ2) is 4.50. The van der Waals surface area contributed by atoms with Gasteiger partial charge in [0.1, 0.15) is 0 Å². The van der Waals surface area contributed by atoms with Crippen molar-refractivity contribution < 1.29 is 0 Å². The first kappa shape index (κ1) is 11.1. The van der Waals surface area contributed by atoms with E-state index in [-0.39, 0.29) is 0 Å². The average Bonchev–Trinajstić information content (AvgIpc) is 2.53. The van der Waals surface area contributed by atoms with Crippen molar-refractivity contribution in [2.45, 2.75) is 27.7 Å². The quantitative estimate of drug-likeness (QED) is 0.590. The van der Waals surface area contributed by atoms with Gasteiger partial charge in [0, 0.05) is 18.6 Å². The highest BCUT2D eigenvalue weighted by atomic mass is 14.9. The zero-order valence-electron chi connectivity index (χ0n) is 9.91. The van der Waals surface area contributed by atoms with Crippen molar-refractivity contribution in [3.63, 3.8) is 0 Å². The highest BCUT2D eigenvalue weighted by Crippen LogP contribution is 2.14. The molecule has 0 N–H and O–H groups in total. The highest BCUT2D eigenvalue weighted by Gasteiger charge is 2.11. The second-order valence-electron chi connectivity index (χ2n) is 3.82. The predicted molar refractivity (Wildman–Crippen MR) is 63.3 cm³/mol. The molecule has 1 heterocycles. The molecule has 1 aromatic rings. The van der Waals surface area contributed by atoms with Crippen LogP contribution in [0.4, 0.5) is 0 Å². The number of aryl methyl sites for hydroxylation is 1. The summed E-state index contributed by atoms with van der Waals surface area (Å²) in [6, 6.07) is 2.19. The van der Waals surface area contributed by atoms with E-state index in [1.165, 1.54) is 10.6 Å². The molecule has 0 bridgehead atoms. The van der Waals surface area contributed by atoms with Gasteiger partial charge in [-0.2, -0.15) is 0 Å². The van der Waals surface area contributed by atoms with Gasteiger partial charge in [0.05, 0.1) is 0 Å². The van der Waals surface area contributed by atoms with Gasteiger partial charge >= 0.3 is 0 Å². The molecule has 2 atom stereocenters. The Morgan fingerprint density at radius 3 is 2.29 bits per heavy atom. The molecule has 0 saturated heterocycles. The van der Waals surface area contributed by atoms with Crippen molar-refractivity contribution in [3.8, 4) is 0 Å². The van der Waals surface area contributed by atoms with Crippen LogP contribution in [0.3, 0.4) is 0 Å². The van der Waals surface area contributed by atoms with E-state index in [0.717, 1.165) is 0 Å². The summed E-state index contributed by atoms with van der Waals surface area (Å²) in [6.07, 6.45) is 6.85. The Bertz CT molecular complexity index is 397. The van der Waals surface area contributed by atoms with Gasteiger partial charge in [0.2, 0.25) is 0 Å². The van der Waals surface area contributed by atoms with Crippen molar-refractivity contribution in [2.75, 3.05) is 0 Å². The van der Waals surface area contributed by atoms with Crippen molar-refractivity contribution in [1.29, 1.82) is 0 Å². The SMILES string of the molecule is CC.CC1C=c2ccn(C)c2=CC1C. The number of rotatable bonds is 0. The molecule has 0 spiro atoms. The molecule has 0 radical (unpaired) electrons. The zero-order chi connectivity index (χ0) is 10.7. The van der Waals surface area contributed by atoms with Crippen molar-refractivity contribution in [3.05, 3.63) is 22.8 Å². The molecule has 0 fully saturated rings. The van der Waals surface area contributed by atoms with Crippen LogP contribution >= 0.6 is 0 Å². The summed E-state index contributed by atoms with van der Waals surface area (Å²) in [7, 11) is 2.10. The van der Waals surface area contributed by atoms with E-state index in [0.29, 0.717) is 11.8 Å². The van der Waals surface area contributed by atoms with Crippen molar-refractivity contribution >= 4 is 12.2 Å². The fourth-order valence-electron chi connectivity index (χ4n) is 1.75. The van der Waals surface area contributed by atoms with Crippen LogP contribution in [-0.2, 0) is 7.05 Å². The maximum Gasteiger partial charge on any atom is 0.0436 e. The van der Waals surface area contributed by atoms with Crippen LogP contribution in [0, 0.1) is 11.8 Å². The highest BCUT2D eigenvalue weighted by molar-refractivity contribution is 5.40. The maximum absolute atomic E-state index is 2.36. The standard InChI is InChI=1S/C11H15N.C2H6/c1-8-6-10-4-5-12(3)11(10)7-9(8)2;1-2/h4-9H,1-3H3;1-2H3. The van der Waals surface area contributed by atoms with Crippen LogP contribution in [0.1, 0.15) is 27.7 Å². The van der Waals surface area contributed by atoms with Crippen LogP contribution < -0.4 is 10.6 Å². The lowest BCUT2D eigenvalue weighted by atomic mass is 9.91. The van der Waals surface area contributed by atoms with Crippen molar-refractivity contribution in [1.82, 2.24) is 4.57 Å². The number of hydrogen-bond donors (Lipinski definition) is 0. The van der Waals surface area contributed by atoms with Crippen LogP contribution in [0.15, 0.2) is 12.3 Å². The molecule has 0 saturated carbocycles. The Labute approximate surface area is 86.8 Å². The average molecular weight is 191 g/mol. The minimum atomic E-state index is 0.672. The summed E-state index contributed by atoms with van der Waals surface area (Å²) in [5.41, 5.74) is 0. The monoisotopic (exact) mass is 191 g/mol. The third-order valence-electron chi connectivity index (χ3n) is 2.85. The first-order chi connectivity index (χ1) is 6.68. The molecule has 0 aliphatic heterocycles. The maximum atomic E-state index is 2.36. The summed E-state index contributed by atoms with van der Waals surface area (Å²) in [5.74, 6) is 1.35. The number of hydrogen-bond acceptors (Lipinski definition) is 0. The molecule has 1 aliphatic rings. The van der Waals surface area contributed by atoms with Gasteiger partial charge in [-0.25, -0.2) is 0 Å². The summed E-state index contributed by atoms with van der Waals surface area (Å²) in [5, 5.41) is 2.77. The molecule has 14 heavy (non-hydrogen) atoms. The van der Waals surface area contributed by atoms with Gasteiger partial charge in [-0.3, -0.25) is 0 Å². The Balaban J connectivity index is 0.000000461. The molecular formula is C13H21N. The van der Waals surface area contributed by atoms with Gasteiger partial charge < -0.3 is 4.57 Å². The molecule has 78 valence electrons. The number of aromatic nitrogens is 1. The number of fused-ring (bicyclic) bond motifs is 1. The molecule has 0 amide bonds. The first-order valence-corrected chi connectivity index (χ1v) is 5.53. The largest absolute Gasteiger partial charge is 0.351 e. The molecule has 1 aromatic heterocycles. The topological polar surface area (TPSA) is 4.93 Å². The smallest absolute Gasteiger partial charge is 0.0436 e. The van der Waals surface area contributed by atoms with Crippen LogP contribution in [0.2, 0.25) is 0 Å². The third kappa shape index (κ3) is 1.92. The number of nitrogens with zero attached hydrogens (tertiary/aromatic N) is 1. The molecule has 2 unspecified atom stereocenters. The van der Waals surface area contributed by atoms with E-state index in [4.69, 9.17) is 0 Å². The van der Waals surface area contributed by atoms with E-state index in [9.17, 15) is 0 Å².